The number of rotatable bonds is 8. The van der Waals surface area contributed by atoms with E-state index in [2.05, 4.69) is 44.8 Å². The van der Waals surface area contributed by atoms with Crippen molar-refractivity contribution in [1.29, 1.82) is 0 Å². The Bertz CT molecular complexity index is 1320. The van der Waals surface area contributed by atoms with Crippen LogP contribution in [-0.2, 0) is 19.0 Å². The highest BCUT2D eigenvalue weighted by Gasteiger charge is 2.37. The molecule has 1 atom stereocenters. The van der Waals surface area contributed by atoms with Crippen LogP contribution in [0.5, 0.6) is 0 Å². The normalized spacial score (nSPS) is 16.4. The van der Waals surface area contributed by atoms with Gasteiger partial charge in [-0.3, -0.25) is 4.40 Å². The number of piperidine rings is 1. The van der Waals surface area contributed by atoms with E-state index in [0.717, 1.165) is 64.3 Å². The number of carbonyl (C=O) groups excluding carboxylic acids is 1. The lowest BCUT2D eigenvalue weighted by Crippen LogP contribution is -2.45. The van der Waals surface area contributed by atoms with E-state index in [0.29, 0.717) is 6.61 Å². The zero-order valence-electron chi connectivity index (χ0n) is 23.2. The van der Waals surface area contributed by atoms with Crippen LogP contribution in [0.1, 0.15) is 57.8 Å². The maximum Gasteiger partial charge on any atom is 0.339 e. The Balaban J connectivity index is 1.89. The molecule has 0 N–H and O–H groups in total. The molecule has 1 saturated heterocycles. The number of halogens is 1. The Morgan fingerprint density at radius 3 is 2.58 bits per heavy atom. The number of nitrogens with zero attached hydrogens (tertiary/aromatic N) is 3. The lowest BCUT2D eigenvalue weighted by molar-refractivity contribution is -0.164. The number of hydrogen-bond acceptors (Lipinski definition) is 6. The molecule has 0 bridgehead atoms. The molecule has 0 aliphatic carbocycles. The van der Waals surface area contributed by atoms with Crippen molar-refractivity contribution < 1.29 is 19.0 Å². The molecule has 204 valence electrons. The smallest absolute Gasteiger partial charge is 0.339 e. The van der Waals surface area contributed by atoms with Crippen molar-refractivity contribution in [3.8, 4) is 11.3 Å². The van der Waals surface area contributed by atoms with E-state index in [9.17, 15) is 4.79 Å². The van der Waals surface area contributed by atoms with Crippen molar-refractivity contribution in [2.75, 3.05) is 31.7 Å². The highest BCUT2D eigenvalue weighted by atomic mass is 79.9. The van der Waals surface area contributed by atoms with Gasteiger partial charge < -0.3 is 19.1 Å². The molecule has 0 saturated carbocycles. The van der Waals surface area contributed by atoms with Crippen molar-refractivity contribution in [2.45, 2.75) is 64.8 Å². The Morgan fingerprint density at radius 2 is 1.97 bits per heavy atom. The van der Waals surface area contributed by atoms with Crippen molar-refractivity contribution in [3.05, 3.63) is 64.8 Å². The van der Waals surface area contributed by atoms with Crippen LogP contribution >= 0.6 is 15.9 Å². The van der Waals surface area contributed by atoms with Gasteiger partial charge in [0.2, 0.25) is 0 Å². The fraction of sp³-hybridized carbons (Fsp3) is 0.467. The number of methoxy groups -OCH3 is 1. The predicted molar refractivity (Wildman–Crippen MR) is 155 cm³/mol. The zero-order chi connectivity index (χ0) is 27.7. The third kappa shape index (κ3) is 6.14. The van der Waals surface area contributed by atoms with E-state index in [-0.39, 0.29) is 5.60 Å². The minimum Gasteiger partial charge on any atom is -0.467 e. The van der Waals surface area contributed by atoms with Gasteiger partial charge in [0.25, 0.3) is 0 Å². The number of carbonyl (C=O) groups is 1. The first-order valence-corrected chi connectivity index (χ1v) is 13.8. The van der Waals surface area contributed by atoms with Crippen LogP contribution in [0.2, 0.25) is 0 Å². The standard InChI is InChI=1S/C30H38BrN3O4/c1-8-16-37-30(6)12-14-33(15-13-30)27-25(26(28(35)36-7)38-29(3,4)5)20(2)17-24-32-23(19-34(24)27)21-10-9-11-22(31)18-21/h8-11,17-19,26H,1,12-16H2,2-7H3/t26-/m0/s1. The summed E-state index contributed by atoms with van der Waals surface area (Å²) in [6.07, 6.45) is 4.63. The van der Waals surface area contributed by atoms with Crippen molar-refractivity contribution in [1.82, 2.24) is 9.38 Å². The summed E-state index contributed by atoms with van der Waals surface area (Å²) in [6.45, 7) is 15.8. The van der Waals surface area contributed by atoms with Gasteiger partial charge >= 0.3 is 5.97 Å². The van der Waals surface area contributed by atoms with Crippen LogP contribution in [0.25, 0.3) is 16.9 Å². The summed E-state index contributed by atoms with van der Waals surface area (Å²) in [6, 6.07) is 10.1. The summed E-state index contributed by atoms with van der Waals surface area (Å²) in [5.41, 5.74) is 3.61. The number of hydrogen-bond donors (Lipinski definition) is 0. The number of fused-ring (bicyclic) bond motifs is 1. The second kappa shape index (κ2) is 11.2. The molecular formula is C30H38BrN3O4. The van der Waals surface area contributed by atoms with Gasteiger partial charge in [0.05, 0.1) is 30.6 Å². The number of aryl methyl sites for hydroxylation is 1. The van der Waals surface area contributed by atoms with Crippen LogP contribution in [0.15, 0.2) is 53.7 Å². The van der Waals surface area contributed by atoms with Crippen molar-refractivity contribution in [3.63, 3.8) is 0 Å². The van der Waals surface area contributed by atoms with Crippen LogP contribution in [0, 0.1) is 6.92 Å². The van der Waals surface area contributed by atoms with Crippen LogP contribution in [-0.4, -0.2) is 53.4 Å². The average Bonchev–Trinajstić information content (AvgIpc) is 3.29. The largest absolute Gasteiger partial charge is 0.467 e. The molecule has 0 spiro atoms. The minimum atomic E-state index is -0.888. The third-order valence-electron chi connectivity index (χ3n) is 6.91. The Labute approximate surface area is 233 Å². The van der Waals surface area contributed by atoms with Crippen molar-refractivity contribution >= 4 is 33.4 Å². The molecule has 0 amide bonds. The molecule has 4 rings (SSSR count). The molecule has 1 aromatic carbocycles. The van der Waals surface area contributed by atoms with Gasteiger partial charge in [-0.15, -0.1) is 6.58 Å². The second-order valence-electron chi connectivity index (χ2n) is 11.1. The lowest BCUT2D eigenvalue weighted by Gasteiger charge is -2.41. The Morgan fingerprint density at radius 1 is 1.26 bits per heavy atom. The van der Waals surface area contributed by atoms with Crippen LogP contribution < -0.4 is 4.90 Å². The third-order valence-corrected chi connectivity index (χ3v) is 7.41. The Hall–Kier alpha value is -2.68. The fourth-order valence-electron chi connectivity index (χ4n) is 4.96. The summed E-state index contributed by atoms with van der Waals surface area (Å²) >= 11 is 3.57. The molecule has 0 unspecified atom stereocenters. The number of ether oxygens (including phenoxy) is 3. The molecule has 3 heterocycles. The number of imidazole rings is 1. The maximum absolute atomic E-state index is 13.2. The molecule has 1 fully saturated rings. The van der Waals surface area contributed by atoms with Gasteiger partial charge in [-0.25, -0.2) is 9.78 Å². The average molecular weight is 585 g/mol. The van der Waals surface area contributed by atoms with Gasteiger partial charge in [0.15, 0.2) is 6.10 Å². The SMILES string of the molecule is C=CCOC1(C)CCN(c2c([C@H](OC(C)(C)C)C(=O)OC)c(C)cc3nc(-c4cccc(Br)c4)cn23)CC1. The number of benzene rings is 1. The maximum atomic E-state index is 13.2. The molecule has 38 heavy (non-hydrogen) atoms. The molecule has 3 aromatic rings. The first-order chi connectivity index (χ1) is 17.9. The minimum absolute atomic E-state index is 0.228. The summed E-state index contributed by atoms with van der Waals surface area (Å²) in [5, 5.41) is 0. The number of anilines is 1. The summed E-state index contributed by atoms with van der Waals surface area (Å²) in [4.78, 5) is 20.5. The van der Waals surface area contributed by atoms with E-state index < -0.39 is 17.7 Å². The van der Waals surface area contributed by atoms with E-state index >= 15 is 0 Å². The van der Waals surface area contributed by atoms with Gasteiger partial charge in [-0.05, 0) is 71.2 Å². The number of pyridine rings is 1. The van der Waals surface area contributed by atoms with Crippen LogP contribution in [0.3, 0.4) is 0 Å². The fourth-order valence-corrected chi connectivity index (χ4v) is 5.36. The number of aromatic nitrogens is 2. The van der Waals surface area contributed by atoms with Gasteiger partial charge in [0.1, 0.15) is 11.5 Å². The first-order valence-electron chi connectivity index (χ1n) is 13.0. The van der Waals surface area contributed by atoms with Gasteiger partial charge in [-0.2, -0.15) is 0 Å². The van der Waals surface area contributed by atoms with Crippen molar-refractivity contribution in [2.24, 2.45) is 0 Å². The zero-order valence-corrected chi connectivity index (χ0v) is 24.8. The monoisotopic (exact) mass is 583 g/mol. The predicted octanol–water partition coefficient (Wildman–Crippen LogP) is 6.66. The topological polar surface area (TPSA) is 65.3 Å². The van der Waals surface area contributed by atoms with Gasteiger partial charge in [-0.1, -0.05) is 34.1 Å². The molecule has 7 nitrogen and oxygen atoms in total. The van der Waals surface area contributed by atoms with E-state index in [1.54, 1.807) is 6.08 Å². The molecule has 1 aliphatic rings. The highest BCUT2D eigenvalue weighted by Crippen LogP contribution is 2.39. The van der Waals surface area contributed by atoms with E-state index in [1.807, 2.05) is 58.2 Å². The Kier molecular flexibility index (Phi) is 8.35. The molecular weight excluding hydrogens is 546 g/mol. The van der Waals surface area contributed by atoms with E-state index in [4.69, 9.17) is 19.2 Å². The van der Waals surface area contributed by atoms with Crippen LogP contribution in [0.4, 0.5) is 5.82 Å². The summed E-state index contributed by atoms with van der Waals surface area (Å²) < 4.78 is 20.8. The lowest BCUT2D eigenvalue weighted by atomic mass is 9.92. The molecule has 0 radical (unpaired) electrons. The number of esters is 1. The summed E-state index contributed by atoms with van der Waals surface area (Å²) in [5.74, 6) is 0.478. The quantitative estimate of drug-likeness (QED) is 0.218. The van der Waals surface area contributed by atoms with E-state index in [1.165, 1.54) is 7.11 Å². The second-order valence-corrected chi connectivity index (χ2v) is 12.0. The molecule has 1 aliphatic heterocycles. The molecule has 2 aromatic heterocycles. The first kappa shape index (κ1) is 28.3. The highest BCUT2D eigenvalue weighted by molar-refractivity contribution is 9.10. The summed E-state index contributed by atoms with van der Waals surface area (Å²) in [7, 11) is 1.40. The van der Waals surface area contributed by atoms with Gasteiger partial charge in [0, 0.05) is 34.9 Å². The molecule has 8 heteroatoms.